The highest BCUT2D eigenvalue weighted by Gasteiger charge is 2.26. The molecule has 0 aliphatic carbocycles. The molecule has 0 saturated heterocycles. The van der Waals surface area contributed by atoms with E-state index in [4.69, 9.17) is 9.47 Å². The molecule has 1 unspecified atom stereocenters. The van der Waals surface area contributed by atoms with Gasteiger partial charge in [0.15, 0.2) is 11.5 Å². The fraction of sp³-hybridized carbons (Fsp3) is 0.125. The van der Waals surface area contributed by atoms with Crippen LogP contribution in [0.3, 0.4) is 0 Å². The molecule has 8 nitrogen and oxygen atoms in total. The molecule has 0 aromatic heterocycles. The lowest BCUT2D eigenvalue weighted by Crippen LogP contribution is -2.34. The Balaban J connectivity index is 1.34. The van der Waals surface area contributed by atoms with E-state index in [9.17, 15) is 14.4 Å². The molecule has 0 saturated carbocycles. The van der Waals surface area contributed by atoms with Gasteiger partial charge in [-0.05, 0) is 90.9 Å². The van der Waals surface area contributed by atoms with Crippen molar-refractivity contribution in [3.63, 3.8) is 0 Å². The molecule has 248 valence electrons. The van der Waals surface area contributed by atoms with Gasteiger partial charge in [0.2, 0.25) is 5.91 Å². The third-order valence-corrected chi connectivity index (χ3v) is 8.90. The summed E-state index contributed by atoms with van der Waals surface area (Å²) in [7, 11) is 3.07. The van der Waals surface area contributed by atoms with E-state index in [2.05, 4.69) is 10.6 Å². The third-order valence-electron chi connectivity index (χ3n) is 7.53. The van der Waals surface area contributed by atoms with Gasteiger partial charge in [0.25, 0.3) is 11.8 Å². The Labute approximate surface area is 290 Å². The lowest BCUT2D eigenvalue weighted by atomic mass is 10.1. The van der Waals surface area contributed by atoms with Crippen LogP contribution in [0.2, 0.25) is 0 Å². The Kier molecular flexibility index (Phi) is 11.9. The quantitative estimate of drug-likeness (QED) is 0.0965. The number of rotatable bonds is 13. The summed E-state index contributed by atoms with van der Waals surface area (Å²) >= 11 is 1.47. The van der Waals surface area contributed by atoms with Crippen molar-refractivity contribution in [3.8, 4) is 11.5 Å². The summed E-state index contributed by atoms with van der Waals surface area (Å²) in [5, 5.41) is 5.28. The average Bonchev–Trinajstić information content (AvgIpc) is 3.15. The average molecular weight is 672 g/mol. The predicted molar refractivity (Wildman–Crippen MR) is 196 cm³/mol. The SMILES string of the molecule is CCC(Sc1ccc(NC(=O)/C(=C/c2ccc(OC)c(OC)c2)NC(=O)c2ccccc2)cc1)C(=O)N(c1ccccc1)c1ccccc1. The number of hydrogen-bond donors (Lipinski definition) is 2. The van der Waals surface area contributed by atoms with Gasteiger partial charge in [-0.25, -0.2) is 0 Å². The van der Waals surface area contributed by atoms with Crippen LogP contribution in [0.4, 0.5) is 17.1 Å². The molecular weight excluding hydrogens is 635 g/mol. The van der Waals surface area contributed by atoms with Gasteiger partial charge in [-0.3, -0.25) is 19.3 Å². The summed E-state index contributed by atoms with van der Waals surface area (Å²) in [6.07, 6.45) is 2.19. The number of thioether (sulfide) groups is 1. The summed E-state index contributed by atoms with van der Waals surface area (Å²) in [5.41, 5.74) is 3.19. The van der Waals surface area contributed by atoms with Crippen molar-refractivity contribution in [1.82, 2.24) is 5.32 Å². The number of nitrogens with one attached hydrogen (secondary N) is 2. The first-order valence-electron chi connectivity index (χ1n) is 15.7. The van der Waals surface area contributed by atoms with Crippen molar-refractivity contribution < 1.29 is 23.9 Å². The van der Waals surface area contributed by atoms with Crippen LogP contribution in [0.1, 0.15) is 29.3 Å². The van der Waals surface area contributed by atoms with Crippen molar-refractivity contribution in [2.24, 2.45) is 0 Å². The van der Waals surface area contributed by atoms with Gasteiger partial charge in [0.1, 0.15) is 5.70 Å². The monoisotopic (exact) mass is 671 g/mol. The molecule has 1 atom stereocenters. The number of nitrogens with zero attached hydrogens (tertiary/aromatic N) is 1. The van der Waals surface area contributed by atoms with Crippen LogP contribution < -0.4 is 25.0 Å². The fourth-order valence-corrected chi connectivity index (χ4v) is 6.04. The van der Waals surface area contributed by atoms with Crippen LogP contribution in [0, 0.1) is 0 Å². The minimum Gasteiger partial charge on any atom is -0.493 e. The maximum absolute atomic E-state index is 14.0. The normalized spacial score (nSPS) is 11.6. The van der Waals surface area contributed by atoms with Crippen LogP contribution in [-0.2, 0) is 9.59 Å². The Hall–Kier alpha value is -5.80. The second kappa shape index (κ2) is 16.9. The van der Waals surface area contributed by atoms with E-state index in [1.165, 1.54) is 18.9 Å². The van der Waals surface area contributed by atoms with Crippen LogP contribution in [-0.4, -0.2) is 37.2 Å². The Morgan fingerprint density at radius 1 is 0.735 bits per heavy atom. The van der Waals surface area contributed by atoms with Crippen molar-refractivity contribution in [2.75, 3.05) is 24.4 Å². The molecule has 9 heteroatoms. The predicted octanol–water partition coefficient (Wildman–Crippen LogP) is 8.35. The molecule has 0 bridgehead atoms. The number of hydrogen-bond acceptors (Lipinski definition) is 6. The smallest absolute Gasteiger partial charge is 0.272 e. The van der Waals surface area contributed by atoms with Crippen molar-refractivity contribution in [1.29, 1.82) is 0 Å². The largest absolute Gasteiger partial charge is 0.493 e. The number of carbonyl (C=O) groups excluding carboxylic acids is 3. The van der Waals surface area contributed by atoms with Gasteiger partial charge in [0.05, 0.1) is 19.5 Å². The minimum atomic E-state index is -0.512. The Morgan fingerprint density at radius 2 is 1.31 bits per heavy atom. The van der Waals surface area contributed by atoms with Gasteiger partial charge in [-0.2, -0.15) is 0 Å². The standard InChI is InChI=1S/C40H37N3O5S/c1-4-37(40(46)43(31-16-10-6-11-17-31)32-18-12-7-13-19-32)49-33-23-21-30(22-24-33)41-39(45)34(42-38(44)29-14-8-5-9-15-29)26-28-20-25-35(47-2)36(27-28)48-3/h5-27,37H,4H2,1-3H3,(H,41,45)(H,42,44)/b34-26-. The van der Waals surface area contributed by atoms with E-state index in [1.54, 1.807) is 72.7 Å². The summed E-state index contributed by atoms with van der Waals surface area (Å²) in [5.74, 6) is 0.0585. The minimum absolute atomic E-state index is 0.0265. The van der Waals surface area contributed by atoms with Crippen molar-refractivity contribution in [3.05, 3.63) is 150 Å². The number of anilines is 3. The molecule has 5 rings (SSSR count). The second-order valence-electron chi connectivity index (χ2n) is 10.8. The molecule has 0 aliphatic rings. The van der Waals surface area contributed by atoms with E-state index in [0.717, 1.165) is 16.3 Å². The molecule has 0 fully saturated rings. The lowest BCUT2D eigenvalue weighted by molar-refractivity contribution is -0.117. The van der Waals surface area contributed by atoms with E-state index in [0.29, 0.717) is 34.7 Å². The number of para-hydroxylation sites is 2. The van der Waals surface area contributed by atoms with Crippen LogP contribution >= 0.6 is 11.8 Å². The summed E-state index contributed by atoms with van der Waals surface area (Å²) in [4.78, 5) is 43.3. The molecule has 0 radical (unpaired) electrons. The maximum Gasteiger partial charge on any atom is 0.272 e. The highest BCUT2D eigenvalue weighted by molar-refractivity contribution is 8.00. The number of carbonyl (C=O) groups is 3. The molecular formula is C40H37N3O5S. The molecule has 0 heterocycles. The van der Waals surface area contributed by atoms with Gasteiger partial charge in [0, 0.05) is 27.5 Å². The number of amides is 3. The molecule has 0 aliphatic heterocycles. The Bertz CT molecular complexity index is 1860. The highest BCUT2D eigenvalue weighted by Crippen LogP contribution is 2.33. The van der Waals surface area contributed by atoms with E-state index >= 15 is 0 Å². The topological polar surface area (TPSA) is 97.0 Å². The number of benzene rings is 5. The van der Waals surface area contributed by atoms with Crippen LogP contribution in [0.25, 0.3) is 6.08 Å². The molecule has 2 N–H and O–H groups in total. The summed E-state index contributed by atoms with van der Waals surface area (Å²) < 4.78 is 10.7. The zero-order chi connectivity index (χ0) is 34.6. The Morgan fingerprint density at radius 3 is 1.86 bits per heavy atom. The molecule has 3 amide bonds. The third kappa shape index (κ3) is 8.97. The maximum atomic E-state index is 14.0. The molecule has 5 aromatic rings. The second-order valence-corrected chi connectivity index (χ2v) is 12.1. The molecule has 49 heavy (non-hydrogen) atoms. The van der Waals surface area contributed by atoms with Gasteiger partial charge < -0.3 is 20.1 Å². The first-order chi connectivity index (χ1) is 23.9. The van der Waals surface area contributed by atoms with Gasteiger partial charge in [-0.1, -0.05) is 67.6 Å². The molecule has 0 spiro atoms. The zero-order valence-electron chi connectivity index (χ0n) is 27.5. The van der Waals surface area contributed by atoms with E-state index < -0.39 is 11.8 Å². The van der Waals surface area contributed by atoms with Crippen LogP contribution in [0.15, 0.2) is 144 Å². The summed E-state index contributed by atoms with van der Waals surface area (Å²) in [6, 6.07) is 40.4. The highest BCUT2D eigenvalue weighted by atomic mass is 32.2. The van der Waals surface area contributed by atoms with Gasteiger partial charge in [-0.15, -0.1) is 11.8 Å². The molecule has 5 aromatic carbocycles. The first-order valence-corrected chi connectivity index (χ1v) is 16.6. The van der Waals surface area contributed by atoms with Crippen molar-refractivity contribution in [2.45, 2.75) is 23.5 Å². The fourth-order valence-electron chi connectivity index (χ4n) is 5.04. The first kappa shape index (κ1) is 34.5. The van der Waals surface area contributed by atoms with Crippen molar-refractivity contribution >= 4 is 52.6 Å². The number of ether oxygens (including phenoxy) is 2. The van der Waals surface area contributed by atoms with Gasteiger partial charge >= 0.3 is 0 Å². The van der Waals surface area contributed by atoms with E-state index in [1.807, 2.05) is 85.8 Å². The zero-order valence-corrected chi connectivity index (χ0v) is 28.3. The summed E-state index contributed by atoms with van der Waals surface area (Å²) in [6.45, 7) is 1.99. The number of methoxy groups -OCH3 is 2. The lowest BCUT2D eigenvalue weighted by Gasteiger charge is -2.27. The van der Waals surface area contributed by atoms with Crippen LogP contribution in [0.5, 0.6) is 11.5 Å². The van der Waals surface area contributed by atoms with E-state index in [-0.39, 0.29) is 16.9 Å².